The van der Waals surface area contributed by atoms with Crippen molar-refractivity contribution in [3.05, 3.63) is 119 Å². The summed E-state index contributed by atoms with van der Waals surface area (Å²) in [5, 5.41) is 20.2. The first-order chi connectivity index (χ1) is 28.7. The van der Waals surface area contributed by atoms with Crippen LogP contribution in [0.3, 0.4) is 0 Å². The third-order valence-corrected chi connectivity index (χ3v) is 10.7. The molecule has 6 rings (SSSR count). The van der Waals surface area contributed by atoms with Crippen LogP contribution in [-0.4, -0.2) is 90.8 Å². The van der Waals surface area contributed by atoms with E-state index in [1.54, 1.807) is 31.2 Å². The zero-order valence-corrected chi connectivity index (χ0v) is 33.8. The van der Waals surface area contributed by atoms with Crippen LogP contribution in [0.4, 0.5) is 16.2 Å². The number of aromatic hydroxyl groups is 1. The van der Waals surface area contributed by atoms with Crippen molar-refractivity contribution in [2.45, 2.75) is 57.6 Å². The Hall–Kier alpha value is -6.18. The lowest BCUT2D eigenvalue weighted by atomic mass is 10.0. The SMILES string of the molecule is COc1cc(NC(=O)CCCCN(C)C(=O)CCN2CCC(OC(=O)Nc3ccccc3-c3ccccc3)CC2)ccc1CNCCc1ccc(O)c2[nH]c(=O)ccc12. The van der Waals surface area contributed by atoms with Gasteiger partial charge in [-0.25, -0.2) is 4.79 Å². The molecule has 0 aliphatic carbocycles. The highest BCUT2D eigenvalue weighted by molar-refractivity contribution is 5.92. The summed E-state index contributed by atoms with van der Waals surface area (Å²) >= 11 is 0. The van der Waals surface area contributed by atoms with Gasteiger partial charge in [-0.2, -0.15) is 0 Å². The van der Waals surface area contributed by atoms with Gasteiger partial charge in [-0.05, 0) is 74.0 Å². The van der Waals surface area contributed by atoms with Gasteiger partial charge >= 0.3 is 6.09 Å². The molecule has 59 heavy (non-hydrogen) atoms. The van der Waals surface area contributed by atoms with Gasteiger partial charge in [-0.1, -0.05) is 60.7 Å². The number of aromatic amines is 1. The number of hydrogen-bond donors (Lipinski definition) is 5. The number of H-pyrrole nitrogens is 1. The highest BCUT2D eigenvalue weighted by Gasteiger charge is 2.23. The molecule has 1 aromatic heterocycles. The van der Waals surface area contributed by atoms with Crippen molar-refractivity contribution in [1.29, 1.82) is 0 Å². The molecule has 0 radical (unpaired) electrons. The summed E-state index contributed by atoms with van der Waals surface area (Å²) in [5.74, 6) is 0.666. The van der Waals surface area contributed by atoms with Crippen LogP contribution in [0.25, 0.3) is 22.0 Å². The average molecular weight is 803 g/mol. The molecule has 1 aliphatic rings. The predicted octanol–water partition coefficient (Wildman–Crippen LogP) is 6.91. The Morgan fingerprint density at radius 1 is 0.881 bits per heavy atom. The van der Waals surface area contributed by atoms with Crippen LogP contribution in [0.15, 0.2) is 102 Å². The maximum Gasteiger partial charge on any atom is 0.411 e. The maximum absolute atomic E-state index is 12.9. The third-order valence-electron chi connectivity index (χ3n) is 10.7. The lowest BCUT2D eigenvalue weighted by Gasteiger charge is -2.31. The molecule has 3 amide bonds. The Bertz CT molecular complexity index is 2250. The molecule has 0 bridgehead atoms. The number of fused-ring (bicyclic) bond motifs is 1. The molecule has 0 atom stereocenters. The van der Waals surface area contributed by atoms with E-state index in [9.17, 15) is 24.3 Å². The molecule has 13 nitrogen and oxygen atoms in total. The number of methoxy groups -OCH3 is 1. The van der Waals surface area contributed by atoms with E-state index in [0.29, 0.717) is 93.8 Å². The van der Waals surface area contributed by atoms with Gasteiger partial charge in [-0.15, -0.1) is 0 Å². The lowest BCUT2D eigenvalue weighted by molar-refractivity contribution is -0.130. The molecule has 1 saturated heterocycles. The van der Waals surface area contributed by atoms with E-state index in [2.05, 4.69) is 25.8 Å². The minimum Gasteiger partial charge on any atom is -0.506 e. The van der Waals surface area contributed by atoms with Crippen LogP contribution < -0.4 is 26.2 Å². The highest BCUT2D eigenvalue weighted by atomic mass is 16.6. The van der Waals surface area contributed by atoms with Gasteiger partial charge < -0.3 is 40.0 Å². The predicted molar refractivity (Wildman–Crippen MR) is 231 cm³/mol. The Balaban J connectivity index is 0.833. The fraction of sp³-hybridized carbons (Fsp3) is 0.348. The molecular formula is C46H54N6O7. The fourth-order valence-electron chi connectivity index (χ4n) is 7.36. The summed E-state index contributed by atoms with van der Waals surface area (Å²) in [7, 11) is 3.40. The highest BCUT2D eigenvalue weighted by Crippen LogP contribution is 2.29. The Labute approximate surface area is 344 Å². The number of piperidine rings is 1. The smallest absolute Gasteiger partial charge is 0.411 e. The number of phenolic OH excluding ortho intramolecular Hbond substituents is 1. The van der Waals surface area contributed by atoms with Gasteiger partial charge in [0.15, 0.2) is 0 Å². The molecule has 13 heteroatoms. The first-order valence-corrected chi connectivity index (χ1v) is 20.3. The van der Waals surface area contributed by atoms with Crippen molar-refractivity contribution in [3.8, 4) is 22.6 Å². The normalized spacial score (nSPS) is 13.2. The number of unbranched alkanes of at least 4 members (excludes halogenated alkanes) is 1. The summed E-state index contributed by atoms with van der Waals surface area (Å²) < 4.78 is 11.4. The van der Waals surface area contributed by atoms with Crippen molar-refractivity contribution >= 4 is 40.2 Å². The molecule has 1 fully saturated rings. The largest absolute Gasteiger partial charge is 0.506 e. The number of likely N-dealkylation sites (tertiary alicyclic amines) is 1. The summed E-state index contributed by atoms with van der Waals surface area (Å²) in [6.07, 6.45) is 3.57. The van der Waals surface area contributed by atoms with E-state index < -0.39 is 6.09 Å². The maximum atomic E-state index is 12.9. The number of phenols is 1. The second-order valence-electron chi connectivity index (χ2n) is 14.9. The molecule has 0 saturated carbocycles. The number of amides is 3. The Morgan fingerprint density at radius 3 is 2.44 bits per heavy atom. The first kappa shape index (κ1) is 42.4. The van der Waals surface area contributed by atoms with Gasteiger partial charge in [0.1, 0.15) is 17.6 Å². The lowest BCUT2D eigenvalue weighted by Crippen LogP contribution is -2.40. The van der Waals surface area contributed by atoms with E-state index in [1.165, 1.54) is 6.07 Å². The topological polar surface area (TPSA) is 165 Å². The molecule has 1 aliphatic heterocycles. The van der Waals surface area contributed by atoms with E-state index in [1.807, 2.05) is 78.9 Å². The minimum absolute atomic E-state index is 0.0425. The standard InChI is InChI=1S/C46H54N6O7/c1-51(44(56)24-29-52-27-22-36(23-28-52)59-46(57)49-39-13-7-6-12-37(39)32-10-4-3-5-11-32)26-9-8-14-42(54)48-35-17-15-34(41(30-35)58-2)31-47-25-21-33-16-19-40(53)45-38(33)18-20-43(55)50-45/h3-7,10-13,15-20,30,36,47,53H,8-9,14,21-29,31H2,1-2H3,(H,48,54)(H,49,57)(H,50,55). The second-order valence-corrected chi connectivity index (χ2v) is 14.9. The van der Waals surface area contributed by atoms with Crippen molar-refractivity contribution in [1.82, 2.24) is 20.1 Å². The van der Waals surface area contributed by atoms with Gasteiger partial charge in [0, 0.05) is 86.9 Å². The van der Waals surface area contributed by atoms with Gasteiger partial charge in [-0.3, -0.25) is 19.7 Å². The fourth-order valence-corrected chi connectivity index (χ4v) is 7.36. The number of anilines is 2. The Kier molecular flexibility index (Phi) is 15.1. The molecule has 310 valence electrons. The number of ether oxygens (including phenoxy) is 2. The third kappa shape index (κ3) is 12.2. The van der Waals surface area contributed by atoms with Crippen LogP contribution in [0, 0.1) is 0 Å². The molecule has 0 unspecified atom stereocenters. The van der Waals surface area contributed by atoms with Gasteiger partial charge in [0.2, 0.25) is 17.4 Å². The number of para-hydroxylation sites is 1. The molecular weight excluding hydrogens is 749 g/mol. The molecule has 2 heterocycles. The van der Waals surface area contributed by atoms with Crippen molar-refractivity contribution in [3.63, 3.8) is 0 Å². The number of rotatable bonds is 18. The molecule has 5 aromatic rings. The van der Waals surface area contributed by atoms with Crippen LogP contribution in [-0.2, 0) is 27.3 Å². The number of pyridine rings is 1. The number of nitrogens with one attached hydrogen (secondary N) is 4. The van der Waals surface area contributed by atoms with Crippen molar-refractivity contribution in [2.24, 2.45) is 0 Å². The summed E-state index contributed by atoms with van der Waals surface area (Å²) in [6, 6.07) is 29.8. The number of carbonyl (C=O) groups excluding carboxylic acids is 3. The van der Waals surface area contributed by atoms with Crippen LogP contribution >= 0.6 is 0 Å². The summed E-state index contributed by atoms with van der Waals surface area (Å²) in [4.78, 5) is 56.8. The van der Waals surface area contributed by atoms with E-state index in [-0.39, 0.29) is 29.2 Å². The van der Waals surface area contributed by atoms with Crippen LogP contribution in [0.1, 0.15) is 49.7 Å². The van der Waals surface area contributed by atoms with E-state index >= 15 is 0 Å². The molecule has 0 spiro atoms. The van der Waals surface area contributed by atoms with Gasteiger partial charge in [0.25, 0.3) is 0 Å². The van der Waals surface area contributed by atoms with Crippen LogP contribution in [0.2, 0.25) is 0 Å². The molecule has 4 aromatic carbocycles. The van der Waals surface area contributed by atoms with Gasteiger partial charge in [0.05, 0.1) is 18.3 Å². The summed E-state index contributed by atoms with van der Waals surface area (Å²) in [5.41, 5.74) is 5.43. The van der Waals surface area contributed by atoms with Crippen LogP contribution in [0.5, 0.6) is 11.5 Å². The zero-order valence-electron chi connectivity index (χ0n) is 33.8. The van der Waals surface area contributed by atoms with Crippen molar-refractivity contribution in [2.75, 3.05) is 57.5 Å². The quantitative estimate of drug-likeness (QED) is 0.0592. The zero-order chi connectivity index (χ0) is 41.6. The van der Waals surface area contributed by atoms with E-state index in [0.717, 1.165) is 40.7 Å². The summed E-state index contributed by atoms with van der Waals surface area (Å²) in [6.45, 7) is 3.93. The Morgan fingerprint density at radius 2 is 1.64 bits per heavy atom. The average Bonchev–Trinajstić information content (AvgIpc) is 3.25. The number of aromatic nitrogens is 1. The van der Waals surface area contributed by atoms with Crippen molar-refractivity contribution < 1.29 is 29.0 Å². The monoisotopic (exact) mass is 802 g/mol. The number of nitrogens with zero attached hydrogens (tertiary/aromatic N) is 2. The van der Waals surface area contributed by atoms with E-state index in [4.69, 9.17) is 9.47 Å². The number of benzene rings is 4. The second kappa shape index (κ2) is 21.0. The number of carbonyl (C=O) groups is 3. The molecule has 5 N–H and O–H groups in total. The number of hydrogen-bond acceptors (Lipinski definition) is 9. The minimum atomic E-state index is -0.462. The first-order valence-electron chi connectivity index (χ1n) is 20.3.